The van der Waals surface area contributed by atoms with Gasteiger partial charge in [-0.3, -0.25) is 19.3 Å². The number of hydrogen-bond donors (Lipinski definition) is 5. The molecule has 0 bridgehead atoms. The van der Waals surface area contributed by atoms with Gasteiger partial charge in [-0.25, -0.2) is 9.59 Å². The van der Waals surface area contributed by atoms with E-state index >= 15 is 0 Å². The van der Waals surface area contributed by atoms with E-state index in [1.165, 1.54) is 4.90 Å². The molecule has 1 saturated heterocycles. The Hall–Kier alpha value is -4.69. The second-order valence-corrected chi connectivity index (χ2v) is 14.5. The summed E-state index contributed by atoms with van der Waals surface area (Å²) in [6, 6.07) is 15.0. The average molecular weight is 697 g/mol. The Bertz CT molecular complexity index is 1440. The molecule has 3 rings (SSSR count). The van der Waals surface area contributed by atoms with Crippen molar-refractivity contribution in [2.45, 2.75) is 96.4 Å². The molecule has 1 fully saturated rings. The fourth-order valence-electron chi connectivity index (χ4n) is 5.35. The van der Waals surface area contributed by atoms with Gasteiger partial charge in [0.05, 0.1) is 18.6 Å². The number of piperazine rings is 1. The van der Waals surface area contributed by atoms with Gasteiger partial charge in [0.25, 0.3) is 0 Å². The fraction of sp³-hybridized carbons (Fsp3) is 0.528. The monoisotopic (exact) mass is 696 g/mol. The van der Waals surface area contributed by atoms with Crippen LogP contribution in [0.5, 0.6) is 0 Å². The Morgan fingerprint density at radius 3 is 2.06 bits per heavy atom. The third-order valence-corrected chi connectivity index (χ3v) is 7.68. The molecule has 50 heavy (non-hydrogen) atoms. The topological polar surface area (TPSA) is 193 Å². The number of aliphatic hydroxyl groups excluding tert-OH is 1. The predicted octanol–water partition coefficient (Wildman–Crippen LogP) is 2.08. The highest BCUT2D eigenvalue weighted by Gasteiger charge is 2.39. The number of alkyl carbamates (subject to hydrolysis) is 1. The molecule has 0 unspecified atom stereocenters. The van der Waals surface area contributed by atoms with Crippen LogP contribution in [0.4, 0.5) is 9.59 Å². The minimum atomic E-state index is -1.39. The number of ether oxygens (including phenoxy) is 2. The van der Waals surface area contributed by atoms with Crippen molar-refractivity contribution in [1.29, 1.82) is 0 Å². The first-order chi connectivity index (χ1) is 23.4. The van der Waals surface area contributed by atoms with Crippen LogP contribution in [0.3, 0.4) is 0 Å². The van der Waals surface area contributed by atoms with Crippen LogP contribution in [-0.2, 0) is 36.9 Å². The molecule has 14 heteroatoms. The zero-order valence-corrected chi connectivity index (χ0v) is 29.8. The maximum atomic E-state index is 13.6. The second kappa shape index (κ2) is 17.8. The SMILES string of the molecule is CC(C)(C)NC(=O)[C@H]1CN(C(=O)OC(C)(C)C)CCN1C[C@@H](O)[C@H](Cc1ccccc1)NC(=O)[C@H](CC(N)=O)NC(=O)OCc1ccccc1. The van der Waals surface area contributed by atoms with E-state index in [-0.39, 0.29) is 45.1 Å². The number of nitrogens with zero attached hydrogens (tertiary/aromatic N) is 2. The van der Waals surface area contributed by atoms with Crippen LogP contribution >= 0.6 is 0 Å². The van der Waals surface area contributed by atoms with Gasteiger partial charge in [-0.2, -0.15) is 0 Å². The average Bonchev–Trinajstić information content (AvgIpc) is 3.02. The number of rotatable bonds is 13. The first-order valence-corrected chi connectivity index (χ1v) is 16.7. The van der Waals surface area contributed by atoms with E-state index in [2.05, 4.69) is 16.0 Å². The molecule has 5 amide bonds. The maximum absolute atomic E-state index is 13.6. The van der Waals surface area contributed by atoms with E-state index in [0.717, 1.165) is 11.1 Å². The van der Waals surface area contributed by atoms with Crippen molar-refractivity contribution in [3.63, 3.8) is 0 Å². The summed E-state index contributed by atoms with van der Waals surface area (Å²) in [6.07, 6.45) is -3.02. The summed E-state index contributed by atoms with van der Waals surface area (Å²) in [7, 11) is 0. The summed E-state index contributed by atoms with van der Waals surface area (Å²) in [5.41, 5.74) is 5.66. The number of aliphatic hydroxyl groups is 1. The van der Waals surface area contributed by atoms with Gasteiger partial charge in [0.1, 0.15) is 24.3 Å². The van der Waals surface area contributed by atoms with Crippen molar-refractivity contribution >= 4 is 29.9 Å². The summed E-state index contributed by atoms with van der Waals surface area (Å²) < 4.78 is 10.8. The second-order valence-electron chi connectivity index (χ2n) is 14.5. The van der Waals surface area contributed by atoms with E-state index in [1.54, 1.807) is 49.9 Å². The Morgan fingerprint density at radius 2 is 1.50 bits per heavy atom. The molecule has 1 aliphatic heterocycles. The minimum absolute atomic E-state index is 0.0228. The highest BCUT2D eigenvalue weighted by atomic mass is 16.6. The number of β-amino-alcohol motifs (C(OH)–C–C–N with tert-alkyl or cyclic N) is 1. The smallest absolute Gasteiger partial charge is 0.410 e. The van der Waals surface area contributed by atoms with Crippen LogP contribution in [0, 0.1) is 0 Å². The van der Waals surface area contributed by atoms with Crippen molar-refractivity contribution in [2.75, 3.05) is 26.2 Å². The van der Waals surface area contributed by atoms with Gasteiger partial charge >= 0.3 is 12.2 Å². The van der Waals surface area contributed by atoms with Gasteiger partial charge in [-0.05, 0) is 59.1 Å². The Balaban J connectivity index is 1.80. The van der Waals surface area contributed by atoms with Crippen LogP contribution in [0.25, 0.3) is 0 Å². The van der Waals surface area contributed by atoms with Crippen LogP contribution < -0.4 is 21.7 Å². The van der Waals surface area contributed by atoms with Gasteiger partial charge < -0.3 is 41.2 Å². The van der Waals surface area contributed by atoms with Crippen LogP contribution in [0.2, 0.25) is 0 Å². The van der Waals surface area contributed by atoms with Gasteiger partial charge in [-0.1, -0.05) is 60.7 Å². The molecule has 274 valence electrons. The first kappa shape index (κ1) is 39.7. The lowest BCUT2D eigenvalue weighted by molar-refractivity contribution is -0.132. The Labute approximate surface area is 294 Å². The molecule has 14 nitrogen and oxygen atoms in total. The van der Waals surface area contributed by atoms with Crippen molar-refractivity contribution in [2.24, 2.45) is 5.73 Å². The zero-order chi connectivity index (χ0) is 37.1. The van der Waals surface area contributed by atoms with E-state index in [1.807, 2.05) is 57.2 Å². The standard InChI is InChI=1S/C36H52N6O8/c1-35(2,3)40-32(46)28-21-42(34(48)50-36(4,5)6)18-17-41(28)22-29(43)26(19-24-13-9-7-10-14-24)38-31(45)27(20-30(37)44)39-33(47)49-23-25-15-11-8-12-16-25/h7-16,26-29,43H,17-23H2,1-6H3,(H2,37,44)(H,38,45)(H,39,47)(H,40,46)/t26-,27-,28+,29+/m0/s1. The number of hydrogen-bond acceptors (Lipinski definition) is 9. The summed E-state index contributed by atoms with van der Waals surface area (Å²) in [6.45, 7) is 11.2. The molecular formula is C36H52N6O8. The molecule has 0 radical (unpaired) electrons. The number of carbonyl (C=O) groups is 5. The van der Waals surface area contributed by atoms with Crippen LogP contribution in [-0.4, -0.2) is 106 Å². The maximum Gasteiger partial charge on any atom is 0.410 e. The van der Waals surface area contributed by atoms with Crippen LogP contribution in [0.1, 0.15) is 59.1 Å². The zero-order valence-electron chi connectivity index (χ0n) is 29.8. The molecule has 1 heterocycles. The number of nitrogens with one attached hydrogen (secondary N) is 3. The summed E-state index contributed by atoms with van der Waals surface area (Å²) >= 11 is 0. The number of amides is 5. The molecule has 0 saturated carbocycles. The van der Waals surface area contributed by atoms with Crippen LogP contribution in [0.15, 0.2) is 60.7 Å². The van der Waals surface area contributed by atoms with Gasteiger partial charge in [0, 0.05) is 31.7 Å². The fourth-order valence-corrected chi connectivity index (χ4v) is 5.35. The molecule has 2 aromatic rings. The van der Waals surface area contributed by atoms with E-state index in [0.29, 0.717) is 0 Å². The lowest BCUT2D eigenvalue weighted by atomic mass is 9.98. The lowest BCUT2D eigenvalue weighted by Crippen LogP contribution is -2.64. The number of nitrogens with two attached hydrogens (primary N) is 1. The molecular weight excluding hydrogens is 644 g/mol. The quantitative estimate of drug-likeness (QED) is 0.209. The highest BCUT2D eigenvalue weighted by molar-refractivity contribution is 5.90. The highest BCUT2D eigenvalue weighted by Crippen LogP contribution is 2.18. The number of primary amides is 1. The number of carbonyl (C=O) groups excluding carboxylic acids is 5. The molecule has 1 aliphatic rings. The van der Waals surface area contributed by atoms with E-state index in [9.17, 15) is 29.1 Å². The molecule has 2 aromatic carbocycles. The number of benzene rings is 2. The first-order valence-electron chi connectivity index (χ1n) is 16.7. The molecule has 0 aliphatic carbocycles. The van der Waals surface area contributed by atoms with Crippen molar-refractivity contribution < 1.29 is 38.6 Å². The molecule has 0 aromatic heterocycles. The summed E-state index contributed by atoms with van der Waals surface area (Å²) in [4.78, 5) is 67.9. The third-order valence-electron chi connectivity index (χ3n) is 7.68. The largest absolute Gasteiger partial charge is 0.445 e. The summed E-state index contributed by atoms with van der Waals surface area (Å²) in [5, 5.41) is 19.9. The Morgan fingerprint density at radius 1 is 0.900 bits per heavy atom. The van der Waals surface area contributed by atoms with E-state index < -0.39 is 65.8 Å². The van der Waals surface area contributed by atoms with E-state index in [4.69, 9.17) is 15.2 Å². The van der Waals surface area contributed by atoms with Crippen molar-refractivity contribution in [3.8, 4) is 0 Å². The van der Waals surface area contributed by atoms with Gasteiger partial charge in [0.2, 0.25) is 17.7 Å². The normalized spacial score (nSPS) is 17.1. The van der Waals surface area contributed by atoms with Gasteiger partial charge in [-0.15, -0.1) is 0 Å². The minimum Gasteiger partial charge on any atom is -0.445 e. The molecule has 4 atom stereocenters. The molecule has 0 spiro atoms. The molecule has 6 N–H and O–H groups in total. The van der Waals surface area contributed by atoms with Crippen molar-refractivity contribution in [1.82, 2.24) is 25.8 Å². The predicted molar refractivity (Wildman–Crippen MR) is 187 cm³/mol. The van der Waals surface area contributed by atoms with Crippen molar-refractivity contribution in [3.05, 3.63) is 71.8 Å². The third kappa shape index (κ3) is 13.7. The van der Waals surface area contributed by atoms with Gasteiger partial charge in [0.15, 0.2) is 0 Å². The lowest BCUT2D eigenvalue weighted by Gasteiger charge is -2.43. The summed E-state index contributed by atoms with van der Waals surface area (Å²) in [5.74, 6) is -1.91. The Kier molecular flexibility index (Phi) is 14.2.